The fraction of sp³-hybridized carbons (Fsp3) is 0.615. The molecule has 1 fully saturated rings. The lowest BCUT2D eigenvalue weighted by atomic mass is 9.98. The predicted molar refractivity (Wildman–Crippen MR) is 71.0 cm³/mol. The topological polar surface area (TPSA) is 32.3 Å². The Morgan fingerprint density at radius 1 is 1.59 bits per heavy atom. The van der Waals surface area contributed by atoms with Gasteiger partial charge in [0.2, 0.25) is 5.91 Å². The van der Waals surface area contributed by atoms with Gasteiger partial charge in [-0.2, -0.15) is 0 Å². The number of hydrogen-bond acceptors (Lipinski definition) is 3. The number of carbonyl (C=O) groups excluding carboxylic acids is 1. The van der Waals surface area contributed by atoms with Crippen LogP contribution in [0.4, 0.5) is 0 Å². The van der Waals surface area contributed by atoms with Gasteiger partial charge in [-0.25, -0.2) is 0 Å². The number of thiophene rings is 1. The summed E-state index contributed by atoms with van der Waals surface area (Å²) in [4.78, 5) is 15.5. The van der Waals surface area contributed by atoms with Gasteiger partial charge >= 0.3 is 0 Å². The first-order chi connectivity index (χ1) is 8.16. The first-order valence-electron chi connectivity index (χ1n) is 6.19. The Morgan fingerprint density at radius 3 is 2.82 bits per heavy atom. The zero-order chi connectivity index (χ0) is 12.3. The number of nitrogens with zero attached hydrogens (tertiary/aromatic N) is 1. The normalized spacial score (nSPS) is 15.9. The van der Waals surface area contributed by atoms with E-state index in [1.807, 2.05) is 11.0 Å². The lowest BCUT2D eigenvalue weighted by Gasteiger charge is -2.31. The quantitative estimate of drug-likeness (QED) is 0.870. The molecule has 0 spiro atoms. The molecule has 0 radical (unpaired) electrons. The van der Waals surface area contributed by atoms with Crippen molar-refractivity contribution in [1.29, 1.82) is 0 Å². The second kappa shape index (κ2) is 5.65. The van der Waals surface area contributed by atoms with Crippen molar-refractivity contribution in [3.8, 4) is 0 Å². The number of rotatable bonds is 5. The largest absolute Gasteiger partial charge is 0.335 e. The SMILES string of the molecule is CC(C)N(Cc1cccs1)C(=O)CC1CNC1. The molecule has 17 heavy (non-hydrogen) atoms. The molecule has 1 aromatic heterocycles. The monoisotopic (exact) mass is 252 g/mol. The minimum atomic E-state index is 0.276. The highest BCUT2D eigenvalue weighted by atomic mass is 32.1. The van der Waals surface area contributed by atoms with Crippen molar-refractivity contribution in [2.24, 2.45) is 5.92 Å². The first-order valence-corrected chi connectivity index (χ1v) is 7.07. The molecule has 1 aliphatic heterocycles. The standard InChI is InChI=1S/C13H20N2OS/c1-10(2)15(9-12-4-3-5-17-12)13(16)6-11-7-14-8-11/h3-5,10-11,14H,6-9H2,1-2H3. The van der Waals surface area contributed by atoms with Crippen LogP contribution >= 0.6 is 11.3 Å². The van der Waals surface area contributed by atoms with E-state index in [4.69, 9.17) is 0 Å². The van der Waals surface area contributed by atoms with E-state index in [1.165, 1.54) is 4.88 Å². The number of carbonyl (C=O) groups is 1. The van der Waals surface area contributed by atoms with E-state index in [0.29, 0.717) is 18.2 Å². The van der Waals surface area contributed by atoms with Crippen molar-refractivity contribution in [3.63, 3.8) is 0 Å². The molecule has 1 saturated heterocycles. The van der Waals surface area contributed by atoms with Gasteiger partial charge in [-0.1, -0.05) is 6.07 Å². The van der Waals surface area contributed by atoms with Crippen LogP contribution < -0.4 is 5.32 Å². The Balaban J connectivity index is 1.93. The van der Waals surface area contributed by atoms with E-state index in [9.17, 15) is 4.79 Å². The molecule has 3 nitrogen and oxygen atoms in total. The molecule has 1 aliphatic rings. The van der Waals surface area contributed by atoms with Gasteiger partial charge in [0, 0.05) is 17.3 Å². The molecular formula is C13H20N2OS. The lowest BCUT2D eigenvalue weighted by Crippen LogP contribution is -2.46. The fourth-order valence-corrected chi connectivity index (χ4v) is 2.69. The molecule has 0 atom stereocenters. The Labute approximate surface area is 107 Å². The summed E-state index contributed by atoms with van der Waals surface area (Å²) in [5, 5.41) is 5.28. The minimum Gasteiger partial charge on any atom is -0.335 e. The first kappa shape index (κ1) is 12.6. The van der Waals surface area contributed by atoms with Crippen molar-refractivity contribution in [2.75, 3.05) is 13.1 Å². The summed E-state index contributed by atoms with van der Waals surface area (Å²) in [6.07, 6.45) is 0.691. The van der Waals surface area contributed by atoms with Crippen molar-refractivity contribution < 1.29 is 4.79 Å². The molecule has 0 aliphatic carbocycles. The van der Waals surface area contributed by atoms with E-state index in [2.05, 4.69) is 30.6 Å². The highest BCUT2D eigenvalue weighted by molar-refractivity contribution is 7.09. The molecule has 0 aromatic carbocycles. The molecule has 94 valence electrons. The summed E-state index contributed by atoms with van der Waals surface area (Å²) in [5.74, 6) is 0.840. The van der Waals surface area contributed by atoms with Crippen LogP contribution in [-0.4, -0.2) is 29.9 Å². The number of amides is 1. The summed E-state index contributed by atoms with van der Waals surface area (Å²) in [5.41, 5.74) is 0. The average Bonchev–Trinajstić information content (AvgIpc) is 2.72. The molecule has 1 amide bonds. The molecule has 4 heteroatoms. The van der Waals surface area contributed by atoms with E-state index >= 15 is 0 Å². The summed E-state index contributed by atoms with van der Waals surface area (Å²) >= 11 is 1.72. The predicted octanol–water partition coefficient (Wildman–Crippen LogP) is 2.09. The van der Waals surface area contributed by atoms with Crippen molar-refractivity contribution >= 4 is 17.2 Å². The maximum Gasteiger partial charge on any atom is 0.223 e. The van der Waals surface area contributed by atoms with Gasteiger partial charge in [0.1, 0.15) is 0 Å². The Bertz CT molecular complexity index is 358. The van der Waals surface area contributed by atoms with Crippen LogP contribution in [0.15, 0.2) is 17.5 Å². The summed E-state index contributed by atoms with van der Waals surface area (Å²) < 4.78 is 0. The fourth-order valence-electron chi connectivity index (χ4n) is 1.99. The van der Waals surface area contributed by atoms with Gasteiger partial charge in [-0.3, -0.25) is 4.79 Å². The second-order valence-electron chi connectivity index (χ2n) is 4.92. The molecule has 2 heterocycles. The third-order valence-corrected chi connectivity index (χ3v) is 4.04. The summed E-state index contributed by atoms with van der Waals surface area (Å²) in [6.45, 7) is 6.93. The lowest BCUT2D eigenvalue weighted by molar-refractivity contribution is -0.134. The van der Waals surface area contributed by atoms with Gasteiger partial charge in [-0.15, -0.1) is 11.3 Å². The van der Waals surface area contributed by atoms with Crippen molar-refractivity contribution in [1.82, 2.24) is 10.2 Å². The molecule has 1 aromatic rings. The van der Waals surface area contributed by atoms with E-state index in [0.717, 1.165) is 19.6 Å². The molecule has 0 unspecified atom stereocenters. The van der Waals surface area contributed by atoms with Crippen LogP contribution in [0.2, 0.25) is 0 Å². The van der Waals surface area contributed by atoms with Gasteiger partial charge in [-0.05, 0) is 44.3 Å². The minimum absolute atomic E-state index is 0.276. The molecule has 0 bridgehead atoms. The van der Waals surface area contributed by atoms with Gasteiger partial charge in [0.25, 0.3) is 0 Å². The van der Waals surface area contributed by atoms with Crippen molar-refractivity contribution in [2.45, 2.75) is 32.9 Å². The highest BCUT2D eigenvalue weighted by Crippen LogP contribution is 2.17. The zero-order valence-electron chi connectivity index (χ0n) is 10.5. The van der Waals surface area contributed by atoms with E-state index in [1.54, 1.807) is 11.3 Å². The third kappa shape index (κ3) is 3.30. The van der Waals surface area contributed by atoms with Crippen LogP contribution in [0.1, 0.15) is 25.1 Å². The maximum atomic E-state index is 12.2. The van der Waals surface area contributed by atoms with Crippen LogP contribution in [-0.2, 0) is 11.3 Å². The molecule has 1 N–H and O–H groups in total. The summed E-state index contributed by atoms with van der Waals surface area (Å²) in [7, 11) is 0. The van der Waals surface area contributed by atoms with Crippen LogP contribution in [0.5, 0.6) is 0 Å². The van der Waals surface area contributed by atoms with Gasteiger partial charge < -0.3 is 10.2 Å². The Kier molecular flexibility index (Phi) is 4.18. The highest BCUT2D eigenvalue weighted by Gasteiger charge is 2.25. The Morgan fingerprint density at radius 2 is 2.35 bits per heavy atom. The summed E-state index contributed by atoms with van der Waals surface area (Å²) in [6, 6.07) is 4.41. The average molecular weight is 252 g/mol. The van der Waals surface area contributed by atoms with Gasteiger partial charge in [0.15, 0.2) is 0 Å². The second-order valence-corrected chi connectivity index (χ2v) is 5.96. The Hall–Kier alpha value is -0.870. The number of nitrogens with one attached hydrogen (secondary N) is 1. The molecule has 2 rings (SSSR count). The molecular weight excluding hydrogens is 232 g/mol. The maximum absolute atomic E-state index is 12.2. The van der Waals surface area contributed by atoms with Crippen LogP contribution in [0, 0.1) is 5.92 Å². The zero-order valence-corrected chi connectivity index (χ0v) is 11.3. The number of hydrogen-bond donors (Lipinski definition) is 1. The van der Waals surface area contributed by atoms with Gasteiger partial charge in [0.05, 0.1) is 6.54 Å². The smallest absolute Gasteiger partial charge is 0.223 e. The van der Waals surface area contributed by atoms with E-state index < -0.39 is 0 Å². The van der Waals surface area contributed by atoms with E-state index in [-0.39, 0.29) is 6.04 Å². The van der Waals surface area contributed by atoms with Crippen LogP contribution in [0.3, 0.4) is 0 Å². The van der Waals surface area contributed by atoms with Crippen LogP contribution in [0.25, 0.3) is 0 Å². The molecule has 0 saturated carbocycles. The third-order valence-electron chi connectivity index (χ3n) is 3.18. The van der Waals surface area contributed by atoms with Crippen molar-refractivity contribution in [3.05, 3.63) is 22.4 Å².